The Morgan fingerprint density at radius 1 is 1.20 bits per heavy atom. The third kappa shape index (κ3) is 3.35. The molecule has 0 saturated heterocycles. The predicted octanol–water partition coefficient (Wildman–Crippen LogP) is 6.14. The van der Waals surface area contributed by atoms with Crippen LogP contribution in [0.25, 0.3) is 0 Å². The smallest absolute Gasteiger partial charge is 0.0775 e. The fourth-order valence-electron chi connectivity index (χ4n) is 6.35. The molecule has 25 heavy (non-hydrogen) atoms. The van der Waals surface area contributed by atoms with Gasteiger partial charge in [0.1, 0.15) is 0 Å². The molecule has 0 spiro atoms. The summed E-state index contributed by atoms with van der Waals surface area (Å²) < 4.78 is 0. The van der Waals surface area contributed by atoms with Crippen molar-refractivity contribution in [2.24, 2.45) is 39.6 Å². The summed E-state index contributed by atoms with van der Waals surface area (Å²) in [5.74, 6) is 3.09. The molecule has 1 unspecified atom stereocenters. The van der Waals surface area contributed by atoms with Crippen molar-refractivity contribution in [2.45, 2.75) is 76.8 Å². The van der Waals surface area contributed by atoms with Crippen LogP contribution in [0, 0.1) is 29.6 Å². The average Bonchev–Trinajstić information content (AvgIpc) is 2.55. The van der Waals surface area contributed by atoms with Crippen LogP contribution in [-0.2, 0) is 0 Å². The van der Waals surface area contributed by atoms with Crippen LogP contribution in [0.5, 0.6) is 0 Å². The van der Waals surface area contributed by atoms with Crippen LogP contribution in [0.15, 0.2) is 22.1 Å². The van der Waals surface area contributed by atoms with Crippen molar-refractivity contribution in [3.05, 3.63) is 12.2 Å². The number of nitrogens with zero attached hydrogens (tertiary/aromatic N) is 2. The van der Waals surface area contributed by atoms with Crippen molar-refractivity contribution in [3.63, 3.8) is 0 Å². The fraction of sp³-hybridized carbons (Fsp3) is 0.810. The lowest BCUT2D eigenvalue weighted by molar-refractivity contribution is -0.0437. The topological polar surface area (TPSA) is 24.7 Å². The van der Waals surface area contributed by atoms with Crippen molar-refractivity contribution in [3.8, 4) is 0 Å². The number of aliphatic imine (C=N–C) groups is 2. The van der Waals surface area contributed by atoms with Crippen LogP contribution < -0.4 is 0 Å². The molecular formula is C21H30N2S2. The molecule has 0 bridgehead atoms. The van der Waals surface area contributed by atoms with E-state index in [-0.39, 0.29) is 11.1 Å². The van der Waals surface area contributed by atoms with Crippen molar-refractivity contribution < 1.29 is 0 Å². The van der Waals surface area contributed by atoms with Crippen LogP contribution in [0.4, 0.5) is 0 Å². The van der Waals surface area contributed by atoms with Crippen molar-refractivity contribution in [1.82, 2.24) is 0 Å². The minimum absolute atomic E-state index is 0.00720. The second-order valence-corrected chi connectivity index (χ2v) is 9.56. The van der Waals surface area contributed by atoms with Crippen LogP contribution in [-0.4, -0.2) is 21.4 Å². The molecule has 0 radical (unpaired) electrons. The molecule has 0 heterocycles. The lowest BCUT2D eigenvalue weighted by Crippen LogP contribution is -2.58. The Kier molecular flexibility index (Phi) is 5.47. The molecule has 0 aromatic heterocycles. The molecule has 0 aromatic rings. The minimum Gasteiger partial charge on any atom is -0.226 e. The maximum absolute atomic E-state index is 5.09. The number of isothiocyanates is 2. The quantitative estimate of drug-likeness (QED) is 0.335. The zero-order valence-corrected chi connectivity index (χ0v) is 17.4. The summed E-state index contributed by atoms with van der Waals surface area (Å²) in [5.41, 5.74) is 1.28. The van der Waals surface area contributed by atoms with E-state index in [0.717, 1.165) is 25.2 Å². The fourth-order valence-corrected chi connectivity index (χ4v) is 6.77. The molecule has 0 N–H and O–H groups in total. The highest BCUT2D eigenvalue weighted by atomic mass is 32.1. The first-order valence-electron chi connectivity index (χ1n) is 9.70. The Morgan fingerprint density at radius 2 is 1.92 bits per heavy atom. The zero-order chi connectivity index (χ0) is 18.2. The SMILES string of the molecule is C=C1CC[C@@]2(N=C=S)[C@H]3[C@@H](CCC(CC(C)(C)N=C=S)[C@H]13)CC[C@@H]2C. The van der Waals surface area contributed by atoms with Gasteiger partial charge in [-0.15, -0.1) is 0 Å². The van der Waals surface area contributed by atoms with Gasteiger partial charge in [0.2, 0.25) is 0 Å². The molecule has 6 atom stereocenters. The number of hydrogen-bond acceptors (Lipinski definition) is 4. The molecule has 3 saturated carbocycles. The Bertz CT molecular complexity index is 642. The van der Waals surface area contributed by atoms with Crippen LogP contribution >= 0.6 is 24.4 Å². The molecule has 3 aliphatic rings. The van der Waals surface area contributed by atoms with E-state index in [0.29, 0.717) is 23.7 Å². The van der Waals surface area contributed by atoms with Gasteiger partial charge in [-0.25, -0.2) is 9.98 Å². The summed E-state index contributed by atoms with van der Waals surface area (Å²) in [6, 6.07) is 0. The van der Waals surface area contributed by atoms with Gasteiger partial charge in [-0.05, 0) is 113 Å². The minimum atomic E-state index is -0.146. The summed E-state index contributed by atoms with van der Waals surface area (Å²) >= 11 is 9.96. The van der Waals surface area contributed by atoms with Gasteiger partial charge in [0.05, 0.1) is 21.4 Å². The summed E-state index contributed by atoms with van der Waals surface area (Å²) in [4.78, 5) is 9.31. The van der Waals surface area contributed by atoms with Gasteiger partial charge in [-0.2, -0.15) is 0 Å². The first kappa shape index (κ1) is 19.1. The summed E-state index contributed by atoms with van der Waals surface area (Å²) in [7, 11) is 0. The molecular weight excluding hydrogens is 344 g/mol. The molecule has 136 valence electrons. The van der Waals surface area contributed by atoms with Crippen molar-refractivity contribution in [1.29, 1.82) is 0 Å². The van der Waals surface area contributed by atoms with E-state index in [9.17, 15) is 0 Å². The maximum atomic E-state index is 5.09. The molecule has 0 aromatic carbocycles. The second-order valence-electron chi connectivity index (χ2n) is 9.20. The number of rotatable bonds is 4. The third-order valence-corrected chi connectivity index (χ3v) is 7.58. The first-order chi connectivity index (χ1) is 11.8. The molecule has 0 aliphatic heterocycles. The second kappa shape index (κ2) is 7.16. The lowest BCUT2D eigenvalue weighted by Gasteiger charge is -2.60. The van der Waals surface area contributed by atoms with Crippen LogP contribution in [0.2, 0.25) is 0 Å². The van der Waals surface area contributed by atoms with E-state index in [4.69, 9.17) is 29.4 Å². The van der Waals surface area contributed by atoms with Gasteiger partial charge in [0.15, 0.2) is 0 Å². The molecule has 3 fully saturated rings. The third-order valence-electron chi connectivity index (χ3n) is 7.39. The number of thiocarbonyl (C=S) groups is 2. The normalized spacial score (nSPS) is 40.4. The van der Waals surface area contributed by atoms with Crippen LogP contribution in [0.1, 0.15) is 65.7 Å². The van der Waals surface area contributed by atoms with E-state index in [1.54, 1.807) is 0 Å². The summed E-state index contributed by atoms with van der Waals surface area (Å²) in [6.45, 7) is 11.2. The van der Waals surface area contributed by atoms with Crippen molar-refractivity contribution in [2.75, 3.05) is 0 Å². The largest absolute Gasteiger partial charge is 0.226 e. The Hall–Kier alpha value is -0.660. The monoisotopic (exact) mass is 374 g/mol. The van der Waals surface area contributed by atoms with Gasteiger partial charge in [-0.1, -0.05) is 19.1 Å². The Labute approximate surface area is 163 Å². The first-order valence-corrected chi connectivity index (χ1v) is 10.5. The Balaban J connectivity index is 1.99. The van der Waals surface area contributed by atoms with Gasteiger partial charge >= 0.3 is 0 Å². The maximum Gasteiger partial charge on any atom is 0.0775 e. The summed E-state index contributed by atoms with van der Waals surface area (Å²) in [5, 5.41) is 5.38. The van der Waals surface area contributed by atoms with Gasteiger partial charge < -0.3 is 0 Å². The van der Waals surface area contributed by atoms with Crippen molar-refractivity contribution >= 4 is 34.8 Å². The van der Waals surface area contributed by atoms with E-state index < -0.39 is 0 Å². The molecule has 3 rings (SSSR count). The van der Waals surface area contributed by atoms with Gasteiger partial charge in [0.25, 0.3) is 0 Å². The standard InChI is InChI=1S/C21H30N2S2/c1-14-9-10-21(23-13-25)15(2)5-6-16-7-8-17(18(14)19(16)21)11-20(3,4)22-12-24/h15-19H,1,5-11H2,2-4H3/t15-,16+,17?,18-,19-,21-/m0/s1. The average molecular weight is 375 g/mol. The number of hydrogen-bond donors (Lipinski definition) is 0. The zero-order valence-electron chi connectivity index (χ0n) is 15.8. The van der Waals surface area contributed by atoms with E-state index in [1.807, 2.05) is 0 Å². The molecule has 4 heteroatoms. The molecule has 3 aliphatic carbocycles. The van der Waals surface area contributed by atoms with E-state index >= 15 is 0 Å². The van der Waals surface area contributed by atoms with Crippen LogP contribution in [0.3, 0.4) is 0 Å². The Morgan fingerprint density at radius 3 is 2.60 bits per heavy atom. The van der Waals surface area contributed by atoms with E-state index in [2.05, 4.69) is 42.7 Å². The van der Waals surface area contributed by atoms with E-state index in [1.165, 1.54) is 31.3 Å². The highest BCUT2D eigenvalue weighted by Crippen LogP contribution is 2.61. The molecule has 2 nitrogen and oxygen atoms in total. The van der Waals surface area contributed by atoms with Gasteiger partial charge in [-0.3, -0.25) is 0 Å². The highest BCUT2D eigenvalue weighted by Gasteiger charge is 2.58. The molecule has 0 amide bonds. The predicted molar refractivity (Wildman–Crippen MR) is 111 cm³/mol. The highest BCUT2D eigenvalue weighted by molar-refractivity contribution is 7.78. The number of allylic oxidation sites excluding steroid dienone is 1. The van der Waals surface area contributed by atoms with Gasteiger partial charge in [0, 0.05) is 0 Å². The lowest BCUT2D eigenvalue weighted by atomic mass is 9.46. The summed E-state index contributed by atoms with van der Waals surface area (Å²) in [6.07, 6.45) is 8.40.